The van der Waals surface area contributed by atoms with Gasteiger partial charge >= 0.3 is 0 Å². The Balaban J connectivity index is 1.29. The van der Waals surface area contributed by atoms with E-state index in [1.807, 2.05) is 55.5 Å². The highest BCUT2D eigenvalue weighted by atomic mass is 32.1. The molecule has 0 atom stereocenters. The Morgan fingerprint density at radius 1 is 1.03 bits per heavy atom. The molecule has 0 aliphatic heterocycles. The highest BCUT2D eigenvalue weighted by Gasteiger charge is 2.08. The zero-order chi connectivity index (χ0) is 20.9. The van der Waals surface area contributed by atoms with Crippen LogP contribution in [0.4, 0.5) is 5.69 Å². The molecule has 3 aromatic carbocycles. The zero-order valence-electron chi connectivity index (χ0n) is 17.1. The number of carbonyl (C=O) groups is 1. The van der Waals surface area contributed by atoms with E-state index in [-0.39, 0.29) is 5.91 Å². The first-order valence-corrected chi connectivity index (χ1v) is 10.9. The topological polar surface area (TPSA) is 51.2 Å². The molecule has 0 aliphatic carbocycles. The molecule has 30 heavy (non-hydrogen) atoms. The fourth-order valence-corrected chi connectivity index (χ4v) is 4.28. The van der Waals surface area contributed by atoms with Crippen LogP contribution in [0.15, 0.2) is 66.7 Å². The highest BCUT2D eigenvalue weighted by molar-refractivity contribution is 7.21. The number of amides is 1. The minimum absolute atomic E-state index is 0.00778. The summed E-state index contributed by atoms with van der Waals surface area (Å²) in [6, 6.07) is 22.1. The van der Waals surface area contributed by atoms with Crippen LogP contribution in [-0.2, 0) is 4.79 Å². The molecule has 5 heteroatoms. The summed E-state index contributed by atoms with van der Waals surface area (Å²) in [5.41, 5.74) is 5.20. The summed E-state index contributed by atoms with van der Waals surface area (Å²) in [6.07, 6.45) is 1.09. The first-order valence-electron chi connectivity index (χ1n) is 10.0. The Morgan fingerprint density at radius 2 is 1.83 bits per heavy atom. The lowest BCUT2D eigenvalue weighted by Crippen LogP contribution is -2.12. The van der Waals surface area contributed by atoms with Crippen molar-refractivity contribution < 1.29 is 9.53 Å². The van der Waals surface area contributed by atoms with Crippen LogP contribution in [0, 0.1) is 13.8 Å². The van der Waals surface area contributed by atoms with Gasteiger partial charge in [-0.2, -0.15) is 0 Å². The van der Waals surface area contributed by atoms with Crippen LogP contribution in [0.25, 0.3) is 20.8 Å². The van der Waals surface area contributed by atoms with Gasteiger partial charge in [0.25, 0.3) is 0 Å². The number of nitrogens with zero attached hydrogens (tertiary/aromatic N) is 1. The van der Waals surface area contributed by atoms with Crippen molar-refractivity contribution >= 4 is 33.1 Å². The molecule has 1 amide bonds. The highest BCUT2D eigenvalue weighted by Crippen LogP contribution is 2.31. The van der Waals surface area contributed by atoms with Crippen LogP contribution >= 0.6 is 11.3 Å². The van der Waals surface area contributed by atoms with E-state index in [4.69, 9.17) is 9.72 Å². The molecule has 152 valence electrons. The van der Waals surface area contributed by atoms with Crippen molar-refractivity contribution in [3.63, 3.8) is 0 Å². The Labute approximate surface area is 180 Å². The summed E-state index contributed by atoms with van der Waals surface area (Å²) in [5.74, 6) is 0.866. The molecule has 0 radical (unpaired) electrons. The average Bonchev–Trinajstić information content (AvgIpc) is 3.16. The van der Waals surface area contributed by atoms with Gasteiger partial charge in [0.05, 0.1) is 16.8 Å². The van der Waals surface area contributed by atoms with Crippen molar-refractivity contribution in [3.8, 4) is 16.3 Å². The van der Waals surface area contributed by atoms with Crippen molar-refractivity contribution in [3.05, 3.63) is 77.9 Å². The van der Waals surface area contributed by atoms with Gasteiger partial charge in [-0.15, -0.1) is 11.3 Å². The summed E-state index contributed by atoms with van der Waals surface area (Å²) in [4.78, 5) is 16.9. The average molecular weight is 417 g/mol. The standard InChI is InChI=1S/C25H24N2O2S/c1-17-9-14-21-23(16-17)30-25(27-21)19-10-12-20(13-11-19)26-24(28)8-5-15-29-22-7-4-3-6-18(22)2/h3-4,6-7,9-14,16H,5,8,15H2,1-2H3,(H,26,28). The summed E-state index contributed by atoms with van der Waals surface area (Å²) in [6.45, 7) is 4.63. The normalized spacial score (nSPS) is 10.9. The molecule has 1 N–H and O–H groups in total. The second-order valence-corrected chi connectivity index (χ2v) is 8.36. The molecule has 0 unspecified atom stereocenters. The fraction of sp³-hybridized carbons (Fsp3) is 0.200. The number of anilines is 1. The number of nitrogens with one attached hydrogen (secondary N) is 1. The molecule has 0 saturated carbocycles. The summed E-state index contributed by atoms with van der Waals surface area (Å²) in [5, 5.41) is 3.94. The molecule has 4 aromatic rings. The van der Waals surface area contributed by atoms with E-state index in [1.165, 1.54) is 10.3 Å². The van der Waals surface area contributed by atoms with Crippen molar-refractivity contribution in [1.29, 1.82) is 0 Å². The minimum Gasteiger partial charge on any atom is -0.493 e. The minimum atomic E-state index is -0.00778. The Hall–Kier alpha value is -3.18. The molecular weight excluding hydrogens is 392 g/mol. The number of para-hydroxylation sites is 1. The van der Waals surface area contributed by atoms with Gasteiger partial charge < -0.3 is 10.1 Å². The molecule has 4 nitrogen and oxygen atoms in total. The van der Waals surface area contributed by atoms with Crippen LogP contribution in [0.2, 0.25) is 0 Å². The molecule has 0 saturated heterocycles. The Bertz CT molecular complexity index is 1170. The maximum atomic E-state index is 12.2. The maximum absolute atomic E-state index is 12.2. The van der Waals surface area contributed by atoms with E-state index in [2.05, 4.69) is 30.4 Å². The van der Waals surface area contributed by atoms with Gasteiger partial charge in [-0.1, -0.05) is 24.3 Å². The van der Waals surface area contributed by atoms with E-state index < -0.39 is 0 Å². The third kappa shape index (κ3) is 4.86. The third-order valence-electron chi connectivity index (χ3n) is 4.86. The van der Waals surface area contributed by atoms with Crippen molar-refractivity contribution in [2.45, 2.75) is 26.7 Å². The maximum Gasteiger partial charge on any atom is 0.224 e. The molecule has 0 fully saturated rings. The number of benzene rings is 3. The predicted molar refractivity (Wildman–Crippen MR) is 124 cm³/mol. The van der Waals surface area contributed by atoms with Gasteiger partial charge in [-0.25, -0.2) is 4.98 Å². The third-order valence-corrected chi connectivity index (χ3v) is 5.93. The second kappa shape index (κ2) is 9.09. The zero-order valence-corrected chi connectivity index (χ0v) is 18.0. The smallest absolute Gasteiger partial charge is 0.224 e. The first-order chi connectivity index (χ1) is 14.6. The first kappa shape index (κ1) is 20.1. The molecule has 0 spiro atoms. The number of thiazole rings is 1. The van der Waals surface area contributed by atoms with Gasteiger partial charge in [0.1, 0.15) is 10.8 Å². The predicted octanol–water partition coefficient (Wildman–Crippen LogP) is 6.38. The van der Waals surface area contributed by atoms with Gasteiger partial charge in [-0.3, -0.25) is 4.79 Å². The van der Waals surface area contributed by atoms with Crippen LogP contribution < -0.4 is 10.1 Å². The number of aryl methyl sites for hydroxylation is 2. The van der Waals surface area contributed by atoms with E-state index in [0.29, 0.717) is 19.4 Å². The van der Waals surface area contributed by atoms with E-state index in [1.54, 1.807) is 11.3 Å². The Kier molecular flexibility index (Phi) is 6.10. The number of aromatic nitrogens is 1. The summed E-state index contributed by atoms with van der Waals surface area (Å²) in [7, 11) is 0. The van der Waals surface area contributed by atoms with Crippen LogP contribution in [0.1, 0.15) is 24.0 Å². The van der Waals surface area contributed by atoms with Gasteiger partial charge in [0, 0.05) is 17.7 Å². The largest absolute Gasteiger partial charge is 0.493 e. The van der Waals surface area contributed by atoms with Crippen LogP contribution in [-0.4, -0.2) is 17.5 Å². The molecule has 1 aromatic heterocycles. The number of hydrogen-bond acceptors (Lipinski definition) is 4. The van der Waals surface area contributed by atoms with Crippen LogP contribution in [0.5, 0.6) is 5.75 Å². The van der Waals surface area contributed by atoms with E-state index in [0.717, 1.165) is 33.1 Å². The van der Waals surface area contributed by atoms with Crippen molar-refractivity contribution in [1.82, 2.24) is 4.98 Å². The molecule has 0 bridgehead atoms. The van der Waals surface area contributed by atoms with Gasteiger partial charge in [0.15, 0.2) is 0 Å². The SMILES string of the molecule is Cc1ccc2nc(-c3ccc(NC(=O)CCCOc4ccccc4C)cc3)sc2c1. The molecule has 0 aliphatic rings. The van der Waals surface area contributed by atoms with Crippen molar-refractivity contribution in [2.24, 2.45) is 0 Å². The van der Waals surface area contributed by atoms with Crippen molar-refractivity contribution in [2.75, 3.05) is 11.9 Å². The van der Waals surface area contributed by atoms with Crippen LogP contribution in [0.3, 0.4) is 0 Å². The molecule has 1 heterocycles. The van der Waals surface area contributed by atoms with Gasteiger partial charge in [0.2, 0.25) is 5.91 Å². The summed E-state index contributed by atoms with van der Waals surface area (Å²) >= 11 is 1.68. The summed E-state index contributed by atoms with van der Waals surface area (Å²) < 4.78 is 6.94. The monoisotopic (exact) mass is 416 g/mol. The van der Waals surface area contributed by atoms with E-state index >= 15 is 0 Å². The molecule has 4 rings (SSSR count). The lowest BCUT2D eigenvalue weighted by Gasteiger charge is -2.09. The molecular formula is C25H24N2O2S. The number of ether oxygens (including phenoxy) is 1. The van der Waals surface area contributed by atoms with E-state index in [9.17, 15) is 4.79 Å². The number of hydrogen-bond donors (Lipinski definition) is 1. The lowest BCUT2D eigenvalue weighted by atomic mass is 10.2. The number of fused-ring (bicyclic) bond motifs is 1. The quantitative estimate of drug-likeness (QED) is 0.356. The lowest BCUT2D eigenvalue weighted by molar-refractivity contribution is -0.116. The fourth-order valence-electron chi connectivity index (χ4n) is 3.21. The number of rotatable bonds is 7. The van der Waals surface area contributed by atoms with Gasteiger partial charge in [-0.05, 0) is 73.9 Å². The Morgan fingerprint density at radius 3 is 2.63 bits per heavy atom. The second-order valence-electron chi connectivity index (χ2n) is 7.33. The number of carbonyl (C=O) groups excluding carboxylic acids is 1.